The number of hydrogen-bond acceptors (Lipinski definition) is 5. The number of nitrogens with zero attached hydrogens (tertiary/aromatic N) is 2. The van der Waals surface area contributed by atoms with Crippen molar-refractivity contribution in [3.05, 3.63) is 57.5 Å². The summed E-state index contributed by atoms with van der Waals surface area (Å²) in [6.45, 7) is 2.67. The summed E-state index contributed by atoms with van der Waals surface area (Å²) in [6, 6.07) is 6.18. The number of nitro benzene ring substituents is 1. The minimum atomic E-state index is -0.501. The third-order valence-electron chi connectivity index (χ3n) is 4.59. The highest BCUT2D eigenvalue weighted by Gasteiger charge is 2.16. The molecule has 0 bridgehead atoms. The van der Waals surface area contributed by atoms with Gasteiger partial charge in [-0.05, 0) is 31.4 Å². The lowest BCUT2D eigenvalue weighted by Crippen LogP contribution is -2.31. The van der Waals surface area contributed by atoms with Crippen molar-refractivity contribution in [1.29, 1.82) is 0 Å². The number of nitro groups is 1. The summed E-state index contributed by atoms with van der Waals surface area (Å²) in [7, 11) is 0. The van der Waals surface area contributed by atoms with E-state index in [0.717, 1.165) is 24.1 Å². The van der Waals surface area contributed by atoms with Crippen molar-refractivity contribution in [2.75, 3.05) is 13.1 Å². The lowest BCUT2D eigenvalue weighted by atomic mass is 10.1. The molecular weight excluding hydrogens is 376 g/mol. The van der Waals surface area contributed by atoms with E-state index in [-0.39, 0.29) is 30.3 Å². The molecule has 0 aliphatic carbocycles. The van der Waals surface area contributed by atoms with Gasteiger partial charge in [-0.1, -0.05) is 12.1 Å². The van der Waals surface area contributed by atoms with E-state index in [1.807, 2.05) is 6.92 Å². The number of aromatic nitrogens is 3. The van der Waals surface area contributed by atoms with Crippen molar-refractivity contribution < 1.29 is 14.5 Å². The van der Waals surface area contributed by atoms with Crippen LogP contribution >= 0.6 is 0 Å². The molecule has 10 heteroatoms. The first kappa shape index (κ1) is 20.1. The number of H-pyrrole nitrogens is 2. The van der Waals surface area contributed by atoms with E-state index in [1.165, 1.54) is 6.07 Å². The number of amides is 2. The first-order valence-electron chi connectivity index (χ1n) is 9.25. The van der Waals surface area contributed by atoms with Gasteiger partial charge in [0.05, 0.1) is 11.1 Å². The second-order valence-corrected chi connectivity index (χ2v) is 6.66. The Morgan fingerprint density at radius 3 is 2.79 bits per heavy atom. The van der Waals surface area contributed by atoms with E-state index in [4.69, 9.17) is 0 Å². The van der Waals surface area contributed by atoms with Gasteiger partial charge in [-0.15, -0.1) is 0 Å². The predicted octanol–water partition coefficient (Wildman–Crippen LogP) is 1.98. The molecule has 29 heavy (non-hydrogen) atoms. The zero-order chi connectivity index (χ0) is 20.8. The minimum Gasteiger partial charge on any atom is -0.356 e. The molecule has 152 valence electrons. The zero-order valence-electron chi connectivity index (χ0n) is 15.9. The number of carbonyl (C=O) groups is 2. The molecule has 0 aliphatic heterocycles. The van der Waals surface area contributed by atoms with Crippen molar-refractivity contribution in [1.82, 2.24) is 25.8 Å². The highest BCUT2D eigenvalue weighted by molar-refractivity contribution is 6.00. The van der Waals surface area contributed by atoms with Gasteiger partial charge < -0.3 is 15.6 Å². The van der Waals surface area contributed by atoms with E-state index in [2.05, 4.69) is 25.8 Å². The average Bonchev–Trinajstić information content (AvgIpc) is 3.30. The number of benzene rings is 1. The highest BCUT2D eigenvalue weighted by atomic mass is 16.6. The van der Waals surface area contributed by atoms with E-state index in [1.54, 1.807) is 24.4 Å². The maximum absolute atomic E-state index is 12.2. The molecule has 3 aromatic rings. The van der Waals surface area contributed by atoms with Gasteiger partial charge in [-0.25, -0.2) is 0 Å². The summed E-state index contributed by atoms with van der Waals surface area (Å²) in [4.78, 5) is 37.5. The summed E-state index contributed by atoms with van der Waals surface area (Å²) in [6.07, 6.45) is 3.56. The molecule has 3 rings (SSSR count). The molecule has 1 aromatic carbocycles. The molecule has 10 nitrogen and oxygen atoms in total. The van der Waals surface area contributed by atoms with Crippen LogP contribution in [-0.2, 0) is 11.2 Å². The van der Waals surface area contributed by atoms with E-state index >= 15 is 0 Å². The number of aryl methyl sites for hydroxylation is 2. The zero-order valence-corrected chi connectivity index (χ0v) is 15.9. The van der Waals surface area contributed by atoms with Gasteiger partial charge in [0, 0.05) is 36.7 Å². The quantitative estimate of drug-likeness (QED) is 0.247. The van der Waals surface area contributed by atoms with Crippen LogP contribution in [0.2, 0.25) is 0 Å². The van der Waals surface area contributed by atoms with Crippen molar-refractivity contribution >= 4 is 28.4 Å². The topological polar surface area (TPSA) is 146 Å². The Morgan fingerprint density at radius 2 is 2.07 bits per heavy atom. The second kappa shape index (κ2) is 9.00. The Bertz CT molecular complexity index is 1040. The lowest BCUT2D eigenvalue weighted by Gasteiger charge is -2.06. The summed E-state index contributed by atoms with van der Waals surface area (Å²) in [5, 5.41) is 23.9. The number of nitrogens with one attached hydrogen (secondary N) is 4. The fourth-order valence-electron chi connectivity index (χ4n) is 3.02. The largest absolute Gasteiger partial charge is 0.356 e. The Labute approximate surface area is 166 Å². The highest BCUT2D eigenvalue weighted by Crippen LogP contribution is 2.25. The first-order valence-corrected chi connectivity index (χ1v) is 9.25. The van der Waals surface area contributed by atoms with E-state index in [0.29, 0.717) is 17.4 Å². The first-order chi connectivity index (χ1) is 14.0. The normalized spacial score (nSPS) is 10.8. The van der Waals surface area contributed by atoms with Crippen LogP contribution in [0.1, 0.15) is 34.6 Å². The van der Waals surface area contributed by atoms with E-state index in [9.17, 15) is 19.7 Å². The number of hydrogen-bond donors (Lipinski definition) is 4. The second-order valence-electron chi connectivity index (χ2n) is 6.66. The van der Waals surface area contributed by atoms with Gasteiger partial charge in [0.25, 0.3) is 11.6 Å². The third kappa shape index (κ3) is 4.98. The molecule has 0 spiro atoms. The van der Waals surface area contributed by atoms with Crippen LogP contribution in [0.5, 0.6) is 0 Å². The Balaban J connectivity index is 1.42. The summed E-state index contributed by atoms with van der Waals surface area (Å²) >= 11 is 0. The molecule has 0 fully saturated rings. The fraction of sp³-hybridized carbons (Fsp3) is 0.316. The minimum absolute atomic E-state index is 0.0912. The number of carbonyl (C=O) groups excluding carboxylic acids is 2. The summed E-state index contributed by atoms with van der Waals surface area (Å²) in [5.74, 6) is -0.569. The molecule has 2 amide bonds. The van der Waals surface area contributed by atoms with Gasteiger partial charge in [0.15, 0.2) is 0 Å². The van der Waals surface area contributed by atoms with Gasteiger partial charge in [0.1, 0.15) is 11.2 Å². The monoisotopic (exact) mass is 398 g/mol. The van der Waals surface area contributed by atoms with Crippen LogP contribution in [0.25, 0.3) is 10.9 Å². The fourth-order valence-corrected chi connectivity index (χ4v) is 3.02. The van der Waals surface area contributed by atoms with Crippen LogP contribution in [0.3, 0.4) is 0 Å². The molecule has 0 saturated heterocycles. The molecule has 2 aromatic heterocycles. The van der Waals surface area contributed by atoms with Crippen LogP contribution in [0.15, 0.2) is 30.5 Å². The molecule has 0 radical (unpaired) electrons. The maximum Gasteiger partial charge on any atom is 0.293 e. The lowest BCUT2D eigenvalue weighted by molar-refractivity contribution is -0.383. The van der Waals surface area contributed by atoms with Crippen molar-refractivity contribution in [2.24, 2.45) is 0 Å². The summed E-state index contributed by atoms with van der Waals surface area (Å²) in [5.41, 5.74) is 2.58. The van der Waals surface area contributed by atoms with Gasteiger partial charge in [-0.2, -0.15) is 5.10 Å². The van der Waals surface area contributed by atoms with Crippen molar-refractivity contribution in [2.45, 2.75) is 26.2 Å². The van der Waals surface area contributed by atoms with Gasteiger partial charge in [-0.3, -0.25) is 24.8 Å². The molecule has 0 unspecified atom stereocenters. The van der Waals surface area contributed by atoms with Gasteiger partial charge >= 0.3 is 0 Å². The van der Waals surface area contributed by atoms with Crippen LogP contribution < -0.4 is 10.6 Å². The Morgan fingerprint density at radius 1 is 1.24 bits per heavy atom. The van der Waals surface area contributed by atoms with E-state index < -0.39 is 10.8 Å². The Hall–Kier alpha value is -3.69. The molecule has 0 aliphatic rings. The van der Waals surface area contributed by atoms with Crippen molar-refractivity contribution in [3.63, 3.8) is 0 Å². The SMILES string of the molecule is Cc1[nH]ncc1CCCNC(=O)CCNC(=O)c1cc2cccc([N+](=O)[O-])c2[nH]1. The molecule has 2 heterocycles. The number of aromatic amines is 2. The maximum atomic E-state index is 12.2. The van der Waals surface area contributed by atoms with Crippen LogP contribution in [0, 0.1) is 17.0 Å². The number of rotatable bonds is 9. The molecule has 4 N–H and O–H groups in total. The Kier molecular flexibility index (Phi) is 6.22. The molecule has 0 atom stereocenters. The number of fused-ring (bicyclic) bond motifs is 1. The molecule has 0 saturated carbocycles. The van der Waals surface area contributed by atoms with Crippen LogP contribution in [0.4, 0.5) is 5.69 Å². The van der Waals surface area contributed by atoms with Crippen LogP contribution in [-0.4, -0.2) is 45.0 Å². The third-order valence-corrected chi connectivity index (χ3v) is 4.59. The summed E-state index contributed by atoms with van der Waals surface area (Å²) < 4.78 is 0. The molecular formula is C19H22N6O4. The predicted molar refractivity (Wildman–Crippen MR) is 107 cm³/mol. The smallest absolute Gasteiger partial charge is 0.293 e. The number of non-ortho nitro benzene ring substituents is 1. The standard InChI is InChI=1S/C19H22N6O4/c1-12-14(11-22-24-12)5-3-8-20-17(26)7-9-21-19(27)15-10-13-4-2-6-16(25(28)29)18(13)23-15/h2,4,6,10-11,23H,3,5,7-9H2,1H3,(H,20,26)(H,21,27)(H,22,24). The van der Waals surface area contributed by atoms with Crippen molar-refractivity contribution in [3.8, 4) is 0 Å². The van der Waals surface area contributed by atoms with Gasteiger partial charge in [0.2, 0.25) is 5.91 Å². The average molecular weight is 398 g/mol. The number of para-hydroxylation sites is 1.